The van der Waals surface area contributed by atoms with E-state index >= 15 is 0 Å². The Hall–Kier alpha value is -0.870. The minimum Gasteiger partial charge on any atom is -0.330 e. The number of amides is 1. The first-order chi connectivity index (χ1) is 8.73. The van der Waals surface area contributed by atoms with Gasteiger partial charge in [-0.25, -0.2) is 0 Å². The molecule has 0 aromatic heterocycles. The highest BCUT2D eigenvalue weighted by molar-refractivity contribution is 9.10. The topological polar surface area (TPSA) is 55.1 Å². The zero-order valence-corrected chi connectivity index (χ0v) is 13.7. The number of anilines is 1. The van der Waals surface area contributed by atoms with Gasteiger partial charge in [0.25, 0.3) is 0 Å². The first kappa shape index (κ1) is 16.2. The van der Waals surface area contributed by atoms with E-state index in [1.807, 2.05) is 25.1 Å². The average Bonchev–Trinajstić information content (AvgIpc) is 2.29. The summed E-state index contributed by atoms with van der Waals surface area (Å²) in [7, 11) is 0. The third-order valence-electron chi connectivity index (χ3n) is 2.97. The molecule has 0 heterocycles. The van der Waals surface area contributed by atoms with Gasteiger partial charge in [-0.15, -0.1) is 0 Å². The van der Waals surface area contributed by atoms with E-state index < -0.39 is 0 Å². The van der Waals surface area contributed by atoms with Crippen LogP contribution < -0.4 is 11.1 Å². The van der Waals surface area contributed by atoms with Gasteiger partial charge in [-0.3, -0.25) is 4.79 Å². The van der Waals surface area contributed by atoms with Crippen molar-refractivity contribution in [2.45, 2.75) is 34.1 Å². The van der Waals surface area contributed by atoms with Crippen molar-refractivity contribution in [2.24, 2.45) is 17.1 Å². The number of rotatable bonds is 4. The van der Waals surface area contributed by atoms with Crippen LogP contribution in [0, 0.1) is 18.3 Å². The lowest BCUT2D eigenvalue weighted by atomic mass is 9.84. The number of halogens is 1. The maximum absolute atomic E-state index is 12.3. The van der Waals surface area contributed by atoms with E-state index in [0.29, 0.717) is 6.54 Å². The summed E-state index contributed by atoms with van der Waals surface area (Å²) in [6.07, 6.45) is 0.780. The van der Waals surface area contributed by atoms with E-state index in [4.69, 9.17) is 5.73 Å². The number of carbonyl (C=O) groups excluding carboxylic acids is 1. The zero-order valence-electron chi connectivity index (χ0n) is 12.1. The monoisotopic (exact) mass is 326 g/mol. The third-order valence-corrected chi connectivity index (χ3v) is 3.46. The van der Waals surface area contributed by atoms with Crippen LogP contribution in [0.2, 0.25) is 0 Å². The summed E-state index contributed by atoms with van der Waals surface area (Å²) < 4.78 is 0.952. The van der Waals surface area contributed by atoms with Crippen molar-refractivity contribution in [3.63, 3.8) is 0 Å². The Morgan fingerprint density at radius 3 is 2.58 bits per heavy atom. The lowest BCUT2D eigenvalue weighted by Crippen LogP contribution is -2.32. The van der Waals surface area contributed by atoms with Gasteiger partial charge in [0.1, 0.15) is 0 Å². The standard InChI is InChI=1S/C15H23BrN2O/c1-10-5-6-12(16)7-13(10)18-14(19)11(9-17)8-15(2,3)4/h5-7,11H,8-9,17H2,1-4H3,(H,18,19). The molecule has 3 nitrogen and oxygen atoms in total. The van der Waals surface area contributed by atoms with Crippen LogP contribution in [0.15, 0.2) is 22.7 Å². The molecular weight excluding hydrogens is 304 g/mol. The Morgan fingerprint density at radius 2 is 2.05 bits per heavy atom. The van der Waals surface area contributed by atoms with Gasteiger partial charge >= 0.3 is 0 Å². The molecule has 0 aliphatic heterocycles. The van der Waals surface area contributed by atoms with Crippen LogP contribution >= 0.6 is 15.9 Å². The summed E-state index contributed by atoms with van der Waals surface area (Å²) in [6, 6.07) is 5.85. The molecule has 0 spiro atoms. The van der Waals surface area contributed by atoms with Crippen molar-refractivity contribution in [3.8, 4) is 0 Å². The van der Waals surface area contributed by atoms with Crippen molar-refractivity contribution >= 4 is 27.5 Å². The van der Waals surface area contributed by atoms with E-state index in [0.717, 1.165) is 22.1 Å². The first-order valence-electron chi connectivity index (χ1n) is 6.50. The SMILES string of the molecule is Cc1ccc(Br)cc1NC(=O)C(CN)CC(C)(C)C. The van der Waals surface area contributed by atoms with Crippen molar-refractivity contribution < 1.29 is 4.79 Å². The van der Waals surface area contributed by atoms with Crippen molar-refractivity contribution in [1.29, 1.82) is 0 Å². The van der Waals surface area contributed by atoms with Gasteiger partial charge in [-0.1, -0.05) is 42.8 Å². The Kier molecular flexibility index (Phi) is 5.56. The minimum atomic E-state index is -0.154. The van der Waals surface area contributed by atoms with Crippen LogP contribution in [-0.4, -0.2) is 12.5 Å². The highest BCUT2D eigenvalue weighted by Gasteiger charge is 2.24. The summed E-state index contributed by atoms with van der Waals surface area (Å²) in [6.45, 7) is 8.70. The fourth-order valence-electron chi connectivity index (χ4n) is 1.99. The Bertz CT molecular complexity index is 452. The van der Waals surface area contributed by atoms with Gasteiger partial charge < -0.3 is 11.1 Å². The molecule has 1 aromatic rings. The molecule has 0 radical (unpaired) electrons. The van der Waals surface area contributed by atoms with E-state index in [1.54, 1.807) is 0 Å². The van der Waals surface area contributed by atoms with Gasteiger partial charge in [0.15, 0.2) is 0 Å². The van der Waals surface area contributed by atoms with Crippen LogP contribution in [0.25, 0.3) is 0 Å². The third kappa shape index (κ3) is 5.33. The molecule has 106 valence electrons. The molecule has 0 fully saturated rings. The summed E-state index contributed by atoms with van der Waals surface area (Å²) >= 11 is 3.41. The first-order valence-corrected chi connectivity index (χ1v) is 7.29. The second kappa shape index (κ2) is 6.53. The molecule has 19 heavy (non-hydrogen) atoms. The maximum atomic E-state index is 12.3. The van der Waals surface area contributed by atoms with Gasteiger partial charge in [-0.05, 0) is 36.5 Å². The Morgan fingerprint density at radius 1 is 1.42 bits per heavy atom. The van der Waals surface area contributed by atoms with Crippen LogP contribution in [0.3, 0.4) is 0 Å². The van der Waals surface area contributed by atoms with E-state index in [-0.39, 0.29) is 17.2 Å². The van der Waals surface area contributed by atoms with Gasteiger partial charge in [0.05, 0.1) is 5.92 Å². The van der Waals surface area contributed by atoms with Gasteiger partial charge in [0, 0.05) is 16.7 Å². The summed E-state index contributed by atoms with van der Waals surface area (Å²) in [4.78, 5) is 12.3. The lowest BCUT2D eigenvalue weighted by Gasteiger charge is -2.24. The second-order valence-corrected chi connectivity index (χ2v) is 7.06. The molecular formula is C15H23BrN2O. The van der Waals surface area contributed by atoms with Crippen molar-refractivity contribution in [2.75, 3.05) is 11.9 Å². The summed E-state index contributed by atoms with van der Waals surface area (Å²) in [5.74, 6) is -0.156. The van der Waals surface area contributed by atoms with Gasteiger partial charge in [0.2, 0.25) is 5.91 Å². The molecule has 4 heteroatoms. The van der Waals surface area contributed by atoms with Crippen LogP contribution in [-0.2, 0) is 4.79 Å². The molecule has 1 unspecified atom stereocenters. The Balaban J connectivity index is 2.80. The van der Waals surface area contributed by atoms with E-state index in [2.05, 4.69) is 42.0 Å². The number of carbonyl (C=O) groups is 1. The van der Waals surface area contributed by atoms with Crippen LogP contribution in [0.5, 0.6) is 0 Å². The number of nitrogens with two attached hydrogens (primary N) is 1. The van der Waals surface area contributed by atoms with Crippen LogP contribution in [0.4, 0.5) is 5.69 Å². The minimum absolute atomic E-state index is 0.00127. The molecule has 1 aromatic carbocycles. The van der Waals surface area contributed by atoms with E-state index in [9.17, 15) is 4.79 Å². The number of hydrogen-bond acceptors (Lipinski definition) is 2. The van der Waals surface area contributed by atoms with Crippen LogP contribution in [0.1, 0.15) is 32.8 Å². The molecule has 1 atom stereocenters. The molecule has 0 aliphatic rings. The fraction of sp³-hybridized carbons (Fsp3) is 0.533. The molecule has 1 rings (SSSR count). The lowest BCUT2D eigenvalue weighted by molar-refractivity contribution is -0.120. The predicted molar refractivity (Wildman–Crippen MR) is 84.1 cm³/mol. The van der Waals surface area contributed by atoms with Crippen molar-refractivity contribution in [1.82, 2.24) is 0 Å². The molecule has 1 amide bonds. The van der Waals surface area contributed by atoms with Gasteiger partial charge in [-0.2, -0.15) is 0 Å². The highest BCUT2D eigenvalue weighted by Crippen LogP contribution is 2.26. The number of aryl methyl sites for hydroxylation is 1. The molecule has 0 aliphatic carbocycles. The van der Waals surface area contributed by atoms with E-state index in [1.165, 1.54) is 0 Å². The normalized spacial score (nSPS) is 13.2. The zero-order chi connectivity index (χ0) is 14.6. The Labute approximate surface area is 124 Å². The molecule has 0 bridgehead atoms. The quantitative estimate of drug-likeness (QED) is 0.886. The predicted octanol–water partition coefficient (Wildman–Crippen LogP) is 3.71. The molecule has 0 saturated carbocycles. The molecule has 0 saturated heterocycles. The molecule has 3 N–H and O–H groups in total. The maximum Gasteiger partial charge on any atom is 0.228 e. The average molecular weight is 327 g/mol. The highest BCUT2D eigenvalue weighted by atomic mass is 79.9. The smallest absolute Gasteiger partial charge is 0.228 e. The number of benzene rings is 1. The number of nitrogens with one attached hydrogen (secondary N) is 1. The van der Waals surface area contributed by atoms with Crippen molar-refractivity contribution in [3.05, 3.63) is 28.2 Å². The summed E-state index contributed by atoms with van der Waals surface area (Å²) in [5, 5.41) is 2.98. The largest absolute Gasteiger partial charge is 0.330 e. The fourth-order valence-corrected chi connectivity index (χ4v) is 2.35. The number of hydrogen-bond donors (Lipinski definition) is 2. The summed E-state index contributed by atoms with van der Waals surface area (Å²) in [5.41, 5.74) is 7.71. The second-order valence-electron chi connectivity index (χ2n) is 6.15.